The minimum Gasteiger partial charge on any atom is -0.387 e. The van der Waals surface area contributed by atoms with Gasteiger partial charge in [0.2, 0.25) is 0 Å². The molecule has 0 fully saturated rings. The Bertz CT molecular complexity index is 746. The number of aliphatic hydroxyl groups excluding tert-OH is 1. The second-order valence-corrected chi connectivity index (χ2v) is 5.13. The van der Waals surface area contributed by atoms with Gasteiger partial charge < -0.3 is 10.4 Å². The van der Waals surface area contributed by atoms with Crippen molar-refractivity contribution >= 4 is 28.5 Å². The summed E-state index contributed by atoms with van der Waals surface area (Å²) in [6.07, 6.45) is 1.03. The Balaban J connectivity index is 1.69. The maximum Gasteiger partial charge on any atom is 0.145 e. The molecule has 3 aromatic rings. The van der Waals surface area contributed by atoms with Crippen molar-refractivity contribution in [3.8, 4) is 0 Å². The molecule has 5 heteroatoms. The number of nitrogens with zero attached hydrogens (tertiary/aromatic N) is 2. The minimum absolute atomic E-state index is 0.356. The van der Waals surface area contributed by atoms with Crippen molar-refractivity contribution in [3.05, 3.63) is 65.3 Å². The summed E-state index contributed by atoms with van der Waals surface area (Å²) in [5.74, 6) is 0.640. The van der Waals surface area contributed by atoms with Crippen LogP contribution in [0.3, 0.4) is 0 Å². The van der Waals surface area contributed by atoms with Crippen LogP contribution in [0.15, 0.2) is 54.7 Å². The van der Waals surface area contributed by atoms with Crippen LogP contribution in [0.5, 0.6) is 0 Å². The number of nitrogens with one attached hydrogen (secondary N) is 1. The van der Waals surface area contributed by atoms with Gasteiger partial charge in [-0.05, 0) is 29.8 Å². The molecule has 21 heavy (non-hydrogen) atoms. The standard InChI is InChI=1S/C16H14ClN3O/c17-12-7-5-11(6-8-12)15(21)9-19-16-10-18-13-3-1-2-4-14(13)20-16/h1-8,10,15,21H,9H2,(H,19,20)/t15-/m1/s1. The summed E-state index contributed by atoms with van der Waals surface area (Å²) in [5.41, 5.74) is 2.48. The summed E-state index contributed by atoms with van der Waals surface area (Å²) >= 11 is 5.83. The van der Waals surface area contributed by atoms with Crippen molar-refractivity contribution < 1.29 is 5.11 Å². The molecule has 0 saturated carbocycles. The highest BCUT2D eigenvalue weighted by molar-refractivity contribution is 6.30. The lowest BCUT2D eigenvalue weighted by Crippen LogP contribution is -2.13. The lowest BCUT2D eigenvalue weighted by molar-refractivity contribution is 0.191. The second kappa shape index (κ2) is 6.08. The van der Waals surface area contributed by atoms with Crippen LogP contribution in [-0.2, 0) is 0 Å². The van der Waals surface area contributed by atoms with E-state index >= 15 is 0 Å². The summed E-state index contributed by atoms with van der Waals surface area (Å²) in [5, 5.41) is 13.9. The van der Waals surface area contributed by atoms with Crippen molar-refractivity contribution in [2.24, 2.45) is 0 Å². The van der Waals surface area contributed by atoms with Gasteiger partial charge in [-0.15, -0.1) is 0 Å². The molecule has 106 valence electrons. The Morgan fingerprint density at radius 3 is 2.52 bits per heavy atom. The highest BCUT2D eigenvalue weighted by Crippen LogP contribution is 2.17. The Kier molecular flexibility index (Phi) is 3.99. The molecule has 0 amide bonds. The number of aliphatic hydroxyl groups is 1. The SMILES string of the molecule is O[C@H](CNc1cnc2ccccc2n1)c1ccc(Cl)cc1. The third-order valence-electron chi connectivity index (χ3n) is 3.18. The zero-order valence-corrected chi connectivity index (χ0v) is 12.0. The molecule has 0 saturated heterocycles. The largest absolute Gasteiger partial charge is 0.387 e. The third-order valence-corrected chi connectivity index (χ3v) is 3.43. The van der Waals surface area contributed by atoms with Gasteiger partial charge in [-0.3, -0.25) is 4.98 Å². The van der Waals surface area contributed by atoms with Gasteiger partial charge in [0.1, 0.15) is 5.82 Å². The van der Waals surface area contributed by atoms with Crippen molar-refractivity contribution in [2.75, 3.05) is 11.9 Å². The number of hydrogen-bond donors (Lipinski definition) is 2. The Morgan fingerprint density at radius 2 is 1.76 bits per heavy atom. The number of para-hydroxylation sites is 2. The first-order valence-corrected chi connectivity index (χ1v) is 6.99. The van der Waals surface area contributed by atoms with E-state index in [-0.39, 0.29) is 0 Å². The van der Waals surface area contributed by atoms with Crippen LogP contribution in [0.1, 0.15) is 11.7 Å². The van der Waals surface area contributed by atoms with Crippen LogP contribution in [0.2, 0.25) is 5.02 Å². The van der Waals surface area contributed by atoms with Gasteiger partial charge in [0.25, 0.3) is 0 Å². The van der Waals surface area contributed by atoms with Crippen LogP contribution in [-0.4, -0.2) is 21.6 Å². The molecule has 1 aromatic heterocycles. The highest BCUT2D eigenvalue weighted by Gasteiger charge is 2.08. The van der Waals surface area contributed by atoms with Crippen molar-refractivity contribution in [1.29, 1.82) is 0 Å². The van der Waals surface area contributed by atoms with Crippen LogP contribution >= 0.6 is 11.6 Å². The summed E-state index contributed by atoms with van der Waals surface area (Å²) in [6, 6.07) is 14.8. The van der Waals surface area contributed by atoms with E-state index in [0.29, 0.717) is 17.4 Å². The lowest BCUT2D eigenvalue weighted by atomic mass is 10.1. The number of hydrogen-bond acceptors (Lipinski definition) is 4. The van der Waals surface area contributed by atoms with Crippen LogP contribution in [0.4, 0.5) is 5.82 Å². The van der Waals surface area contributed by atoms with Gasteiger partial charge in [0.15, 0.2) is 0 Å². The fourth-order valence-corrected chi connectivity index (χ4v) is 2.17. The van der Waals surface area contributed by atoms with Gasteiger partial charge in [-0.2, -0.15) is 0 Å². The normalized spacial score (nSPS) is 12.3. The zero-order valence-electron chi connectivity index (χ0n) is 11.2. The minimum atomic E-state index is -0.629. The molecular weight excluding hydrogens is 286 g/mol. The molecule has 0 aliphatic carbocycles. The average Bonchev–Trinajstić information content (AvgIpc) is 2.53. The number of halogens is 1. The topological polar surface area (TPSA) is 58.0 Å². The maximum absolute atomic E-state index is 10.1. The summed E-state index contributed by atoms with van der Waals surface area (Å²) in [6.45, 7) is 0.356. The first kappa shape index (κ1) is 13.8. The number of anilines is 1. The maximum atomic E-state index is 10.1. The van der Waals surface area contributed by atoms with Crippen LogP contribution < -0.4 is 5.32 Å². The van der Waals surface area contributed by atoms with Gasteiger partial charge in [-0.25, -0.2) is 4.98 Å². The summed E-state index contributed by atoms with van der Waals surface area (Å²) < 4.78 is 0. The van der Waals surface area contributed by atoms with Crippen molar-refractivity contribution in [2.45, 2.75) is 6.10 Å². The van der Waals surface area contributed by atoms with E-state index < -0.39 is 6.10 Å². The van der Waals surface area contributed by atoms with E-state index in [1.165, 1.54) is 0 Å². The molecule has 2 aromatic carbocycles. The Morgan fingerprint density at radius 1 is 1.05 bits per heavy atom. The number of fused-ring (bicyclic) bond motifs is 1. The van der Waals surface area contributed by atoms with Crippen LogP contribution in [0.25, 0.3) is 11.0 Å². The summed E-state index contributed by atoms with van der Waals surface area (Å²) in [4.78, 5) is 8.77. The third kappa shape index (κ3) is 3.29. The van der Waals surface area contributed by atoms with E-state index in [2.05, 4.69) is 15.3 Å². The smallest absolute Gasteiger partial charge is 0.145 e. The molecule has 0 bridgehead atoms. The first-order valence-electron chi connectivity index (χ1n) is 6.61. The number of aromatic nitrogens is 2. The average molecular weight is 300 g/mol. The molecule has 1 heterocycles. The van der Waals surface area contributed by atoms with Crippen molar-refractivity contribution in [3.63, 3.8) is 0 Å². The molecule has 0 aliphatic rings. The van der Waals surface area contributed by atoms with Gasteiger partial charge in [0, 0.05) is 11.6 Å². The van der Waals surface area contributed by atoms with E-state index in [0.717, 1.165) is 16.6 Å². The highest BCUT2D eigenvalue weighted by atomic mass is 35.5. The fraction of sp³-hybridized carbons (Fsp3) is 0.125. The Hall–Kier alpha value is -2.17. The molecular formula is C16H14ClN3O. The summed E-state index contributed by atoms with van der Waals surface area (Å²) in [7, 11) is 0. The zero-order chi connectivity index (χ0) is 14.7. The molecule has 0 spiro atoms. The van der Waals surface area contributed by atoms with E-state index in [4.69, 9.17) is 11.6 Å². The molecule has 4 nitrogen and oxygen atoms in total. The first-order chi connectivity index (χ1) is 10.2. The van der Waals surface area contributed by atoms with E-state index in [1.807, 2.05) is 24.3 Å². The van der Waals surface area contributed by atoms with E-state index in [9.17, 15) is 5.11 Å². The second-order valence-electron chi connectivity index (χ2n) is 4.69. The molecule has 0 radical (unpaired) electrons. The number of benzene rings is 2. The molecule has 1 atom stereocenters. The Labute approximate surface area is 127 Å². The predicted octanol–water partition coefficient (Wildman–Crippen LogP) is 3.43. The molecule has 0 aliphatic heterocycles. The van der Waals surface area contributed by atoms with Gasteiger partial charge in [0.05, 0.1) is 23.3 Å². The van der Waals surface area contributed by atoms with Crippen molar-refractivity contribution in [1.82, 2.24) is 9.97 Å². The lowest BCUT2D eigenvalue weighted by Gasteiger charge is -2.12. The number of rotatable bonds is 4. The molecule has 0 unspecified atom stereocenters. The van der Waals surface area contributed by atoms with Gasteiger partial charge >= 0.3 is 0 Å². The molecule has 3 rings (SSSR count). The van der Waals surface area contributed by atoms with Gasteiger partial charge in [-0.1, -0.05) is 35.9 Å². The van der Waals surface area contributed by atoms with Crippen LogP contribution in [0, 0.1) is 0 Å². The monoisotopic (exact) mass is 299 g/mol. The predicted molar refractivity (Wildman–Crippen MR) is 84.4 cm³/mol. The fourth-order valence-electron chi connectivity index (χ4n) is 2.05. The quantitative estimate of drug-likeness (QED) is 0.775. The van der Waals surface area contributed by atoms with E-state index in [1.54, 1.807) is 30.5 Å². The molecule has 2 N–H and O–H groups in total.